The van der Waals surface area contributed by atoms with E-state index in [1.165, 1.54) is 62.6 Å². The summed E-state index contributed by atoms with van der Waals surface area (Å²) in [5.41, 5.74) is 0.967. The van der Waals surface area contributed by atoms with E-state index in [1.54, 1.807) is 25.1 Å². The molecule has 0 saturated carbocycles. The average Bonchev–Trinajstić information content (AvgIpc) is 3.21. The topological polar surface area (TPSA) is 109 Å². The molecule has 328 valence electrons. The summed E-state index contributed by atoms with van der Waals surface area (Å²) in [6.07, 6.45) is 8.73. The van der Waals surface area contributed by atoms with Crippen LogP contribution in [0.4, 0.5) is 0 Å². The number of unbranched alkanes of at least 4 members (excludes halogenated alkanes) is 3. The van der Waals surface area contributed by atoms with E-state index in [4.69, 9.17) is 5.11 Å². The Morgan fingerprint density at radius 2 is 0.983 bits per heavy atom. The van der Waals surface area contributed by atoms with Crippen LogP contribution in [0.5, 0.6) is 0 Å². The first-order valence-electron chi connectivity index (χ1n) is 21.9. The zero-order chi connectivity index (χ0) is 45.4. The van der Waals surface area contributed by atoms with Crippen molar-refractivity contribution in [1.82, 2.24) is 0 Å². The van der Waals surface area contributed by atoms with E-state index >= 15 is 0 Å². The van der Waals surface area contributed by atoms with Gasteiger partial charge in [0.25, 0.3) is 0 Å². The predicted octanol–water partition coefficient (Wildman–Crippen LogP) is 11.4. The van der Waals surface area contributed by atoms with Crippen molar-refractivity contribution >= 4 is 112 Å². The molecule has 0 atom stereocenters. The molecule has 0 spiro atoms. The molecular formula is C50H76O6Sn4. The summed E-state index contributed by atoms with van der Waals surface area (Å²) in [6, 6.07) is 36.2. The first kappa shape index (κ1) is 56.4. The minimum absolute atomic E-state index is 0.338. The SMILES string of the molecule is CC(=O)[CH2][Sn]([CH3])([CH3])[c]1ccccc1.CCC[CH2][Sn]([CH2]CCC)([CH2]CCC)[c]1cccc(C(=O)O)c1.[CH3][Sn]([CH3])([CH2]C=O)[c]1ccccc1.[CH3][Sn]([CH3])([CH3])[c]1ccccc1C(=O)O. The number of aromatic carboxylic acids is 2. The van der Waals surface area contributed by atoms with Crippen LogP contribution in [0.3, 0.4) is 0 Å². The third-order valence-corrected chi connectivity index (χ3v) is 50.7. The first-order valence-corrected chi connectivity index (χ1v) is 57.7. The van der Waals surface area contributed by atoms with Crippen molar-refractivity contribution in [3.8, 4) is 0 Å². The van der Waals surface area contributed by atoms with Crippen molar-refractivity contribution in [2.75, 3.05) is 0 Å². The molecule has 2 N–H and O–H groups in total. The summed E-state index contributed by atoms with van der Waals surface area (Å²) >= 11 is -9.12. The number of carboxylic acids is 2. The van der Waals surface area contributed by atoms with Crippen LogP contribution in [-0.4, -0.2) is 108 Å². The molecule has 6 nitrogen and oxygen atoms in total. The molecule has 10 heteroatoms. The second kappa shape index (κ2) is 28.9. The maximum atomic E-state index is 11.3. The molecule has 0 bridgehead atoms. The van der Waals surface area contributed by atoms with Crippen molar-refractivity contribution in [3.05, 3.63) is 120 Å². The molecular weight excluding hydrogens is 1170 g/mol. The van der Waals surface area contributed by atoms with Crippen LogP contribution in [0, 0.1) is 0 Å². The van der Waals surface area contributed by atoms with Gasteiger partial charge in [-0.3, -0.25) is 0 Å². The zero-order valence-corrected chi connectivity index (χ0v) is 50.2. The van der Waals surface area contributed by atoms with E-state index in [2.05, 4.69) is 110 Å². The van der Waals surface area contributed by atoms with Gasteiger partial charge in [0.2, 0.25) is 0 Å². The van der Waals surface area contributed by atoms with Gasteiger partial charge < -0.3 is 0 Å². The van der Waals surface area contributed by atoms with Crippen LogP contribution in [0.2, 0.25) is 56.8 Å². The Morgan fingerprint density at radius 3 is 1.37 bits per heavy atom. The van der Waals surface area contributed by atoms with E-state index in [9.17, 15) is 24.3 Å². The number of rotatable bonds is 19. The number of hydrogen-bond acceptors (Lipinski definition) is 4. The fourth-order valence-electron chi connectivity index (χ4n) is 7.49. The Labute approximate surface area is 380 Å². The molecule has 0 radical (unpaired) electrons. The van der Waals surface area contributed by atoms with Gasteiger partial charge in [0.1, 0.15) is 0 Å². The van der Waals surface area contributed by atoms with E-state index in [1.807, 2.05) is 36.4 Å². The fourth-order valence-corrected chi connectivity index (χ4v) is 40.3. The van der Waals surface area contributed by atoms with E-state index in [0.29, 0.717) is 16.9 Å². The van der Waals surface area contributed by atoms with Crippen molar-refractivity contribution in [3.63, 3.8) is 0 Å². The third-order valence-electron chi connectivity index (χ3n) is 11.1. The van der Waals surface area contributed by atoms with Crippen LogP contribution in [-0.2, 0) is 9.59 Å². The average molecular weight is 1250 g/mol. The second-order valence-corrected chi connectivity index (χ2v) is 72.9. The predicted molar refractivity (Wildman–Crippen MR) is 268 cm³/mol. The number of benzene rings is 4. The molecule has 0 saturated heterocycles. The van der Waals surface area contributed by atoms with Crippen molar-refractivity contribution in [2.45, 2.75) is 123 Å². The van der Waals surface area contributed by atoms with Gasteiger partial charge in [-0.1, -0.05) is 0 Å². The monoisotopic (exact) mass is 1250 g/mol. The van der Waals surface area contributed by atoms with Gasteiger partial charge in [-0.25, -0.2) is 0 Å². The number of carbonyl (C=O) groups is 4. The van der Waals surface area contributed by atoms with Crippen LogP contribution in [0.1, 0.15) is 86.9 Å². The molecule has 4 rings (SSSR count). The Kier molecular flexibility index (Phi) is 27.2. The minimum atomic E-state index is -2.46. The van der Waals surface area contributed by atoms with E-state index in [0.717, 1.165) is 18.7 Å². The quantitative estimate of drug-likeness (QED) is 0.0715. The Morgan fingerprint density at radius 1 is 0.550 bits per heavy atom. The molecule has 0 heterocycles. The molecule has 60 heavy (non-hydrogen) atoms. The number of aldehydes is 1. The number of hydrogen-bond donors (Lipinski definition) is 2. The van der Waals surface area contributed by atoms with Crippen molar-refractivity contribution in [1.29, 1.82) is 0 Å². The van der Waals surface area contributed by atoms with E-state index < -0.39 is 85.4 Å². The number of carbonyl (C=O) groups excluding carboxylic acids is 2. The summed E-state index contributed by atoms with van der Waals surface area (Å²) in [5, 5.41) is 18.3. The molecule has 4 aromatic rings. The summed E-state index contributed by atoms with van der Waals surface area (Å²) in [5.74, 6) is -1.25. The van der Waals surface area contributed by atoms with E-state index in [-0.39, 0.29) is 0 Å². The Bertz CT molecular complexity index is 1850. The third kappa shape index (κ3) is 20.7. The van der Waals surface area contributed by atoms with Gasteiger partial charge in [-0.15, -0.1) is 0 Å². The summed E-state index contributed by atoms with van der Waals surface area (Å²) < 4.78 is 11.2. The summed E-state index contributed by atoms with van der Waals surface area (Å²) in [7, 11) is 0. The zero-order valence-electron chi connectivity index (χ0n) is 38.8. The molecule has 0 aromatic heterocycles. The Hall–Kier alpha value is -1.65. The van der Waals surface area contributed by atoms with Gasteiger partial charge in [-0.2, -0.15) is 0 Å². The Balaban J connectivity index is 0.000000415. The first-order chi connectivity index (χ1) is 28.2. The summed E-state index contributed by atoms with van der Waals surface area (Å²) in [6.45, 7) is 8.50. The normalized spacial score (nSPS) is 11.4. The second-order valence-electron chi connectivity index (χ2n) is 18.3. The number of ketones is 1. The van der Waals surface area contributed by atoms with Gasteiger partial charge in [0.15, 0.2) is 0 Å². The van der Waals surface area contributed by atoms with Crippen LogP contribution < -0.4 is 14.3 Å². The number of carboxylic acid groups (broad SMARTS) is 2. The summed E-state index contributed by atoms with van der Waals surface area (Å²) in [4.78, 5) is 59.6. The van der Waals surface area contributed by atoms with Crippen molar-refractivity contribution < 1.29 is 29.4 Å². The fraction of sp³-hybridized carbons (Fsp3) is 0.440. The molecule has 0 aliphatic carbocycles. The molecule has 0 aliphatic rings. The van der Waals surface area contributed by atoms with Gasteiger partial charge in [0, 0.05) is 0 Å². The standard InChI is InChI=1S/2C7H5O2.2C6H5.3C4H9.C3H5O.C2H3O.7CH3.4Sn/c2*8-7(9)6-4-2-1-3-5-6;2*1-2-4-6-5-3-1;3*1-3-4-2;1-3(2)4;1-2-3;;;;;;;;;;;/h1-2,4-5H,(H,8,9);1-4H,(H,8,9);2*1-5H;3*1,3-4H2,2H3;1H2,2H3;2H,1H2;7*1H3;;;;. The van der Waals surface area contributed by atoms with Crippen LogP contribution in [0.25, 0.3) is 0 Å². The maximum absolute atomic E-state index is 11.3. The van der Waals surface area contributed by atoms with Crippen LogP contribution >= 0.6 is 0 Å². The van der Waals surface area contributed by atoms with Crippen LogP contribution in [0.15, 0.2) is 109 Å². The van der Waals surface area contributed by atoms with Gasteiger partial charge >= 0.3 is 385 Å². The number of Topliss-reactive ketones (excluding diaryl/α,β-unsaturated/α-hetero) is 1. The molecule has 0 amide bonds. The molecule has 0 fully saturated rings. The molecule has 0 aliphatic heterocycles. The molecule has 4 aromatic carbocycles. The molecule has 0 unspecified atom stereocenters. The van der Waals surface area contributed by atoms with Gasteiger partial charge in [0.05, 0.1) is 0 Å². The van der Waals surface area contributed by atoms with Gasteiger partial charge in [-0.05, 0) is 0 Å². The van der Waals surface area contributed by atoms with Crippen molar-refractivity contribution in [2.24, 2.45) is 0 Å².